The molecule has 0 aliphatic carbocycles. The molecule has 0 bridgehead atoms. The van der Waals surface area contributed by atoms with Crippen LogP contribution in [0.4, 0.5) is 5.13 Å². The van der Waals surface area contributed by atoms with Crippen molar-refractivity contribution in [1.29, 1.82) is 0 Å². The predicted octanol–water partition coefficient (Wildman–Crippen LogP) is 3.59. The van der Waals surface area contributed by atoms with Gasteiger partial charge in [-0.2, -0.15) is 0 Å². The van der Waals surface area contributed by atoms with Crippen LogP contribution in [0.25, 0.3) is 0 Å². The Kier molecular flexibility index (Phi) is 5.15. The van der Waals surface area contributed by atoms with E-state index in [1.54, 1.807) is 23.4 Å². The molecule has 0 aliphatic heterocycles. The van der Waals surface area contributed by atoms with Crippen LogP contribution in [0.15, 0.2) is 29.6 Å². The van der Waals surface area contributed by atoms with Crippen LogP contribution < -0.4 is 5.32 Å². The van der Waals surface area contributed by atoms with Crippen molar-refractivity contribution in [1.82, 2.24) is 9.88 Å². The van der Waals surface area contributed by atoms with E-state index >= 15 is 0 Å². The lowest BCUT2D eigenvalue weighted by Crippen LogP contribution is -2.30. The van der Waals surface area contributed by atoms with Gasteiger partial charge >= 0.3 is 0 Å². The third-order valence-corrected chi connectivity index (χ3v) is 4.36. The fourth-order valence-corrected chi connectivity index (χ4v) is 2.98. The van der Waals surface area contributed by atoms with Crippen LogP contribution in [0, 0.1) is 0 Å². The number of nitrogens with zero attached hydrogens (tertiary/aromatic N) is 2. The Labute approximate surface area is 137 Å². The predicted molar refractivity (Wildman–Crippen MR) is 88.4 cm³/mol. The third-order valence-electron chi connectivity index (χ3n) is 3.26. The minimum absolute atomic E-state index is 0.188. The van der Waals surface area contributed by atoms with Gasteiger partial charge in [-0.05, 0) is 18.6 Å². The van der Waals surface area contributed by atoms with E-state index in [-0.39, 0.29) is 17.9 Å². The van der Waals surface area contributed by atoms with Crippen molar-refractivity contribution in [2.45, 2.75) is 19.9 Å². The number of hydrogen-bond donors (Lipinski definition) is 1. The molecule has 0 saturated heterocycles. The highest BCUT2D eigenvalue weighted by Crippen LogP contribution is 2.27. The summed E-state index contributed by atoms with van der Waals surface area (Å²) in [6.45, 7) is 3.30. The molecular weight excluding hydrogens is 322 g/mol. The number of halogens is 1. The summed E-state index contributed by atoms with van der Waals surface area (Å²) >= 11 is 7.39. The molecule has 0 spiro atoms. The SMILES string of the molecule is CC(=O)Nc1nc(C(=O)N(C)[C@H](C)c2ccccc2Cl)cs1. The van der Waals surface area contributed by atoms with Crippen LogP contribution in [-0.4, -0.2) is 28.7 Å². The fourth-order valence-electron chi connectivity index (χ4n) is 1.96. The van der Waals surface area contributed by atoms with Gasteiger partial charge in [0, 0.05) is 24.4 Å². The average Bonchev–Trinajstić information content (AvgIpc) is 2.93. The first kappa shape index (κ1) is 16.5. The van der Waals surface area contributed by atoms with Crippen LogP contribution in [0.2, 0.25) is 5.02 Å². The number of benzene rings is 1. The number of amides is 2. The molecular formula is C15H16ClN3O2S. The van der Waals surface area contributed by atoms with Gasteiger partial charge in [0.2, 0.25) is 5.91 Å². The number of nitrogens with one attached hydrogen (secondary N) is 1. The zero-order chi connectivity index (χ0) is 16.3. The summed E-state index contributed by atoms with van der Waals surface area (Å²) in [5.74, 6) is -0.439. The molecule has 1 aromatic heterocycles. The van der Waals surface area contributed by atoms with Gasteiger partial charge in [-0.15, -0.1) is 11.3 Å². The minimum Gasteiger partial charge on any atom is -0.334 e. The molecule has 0 fully saturated rings. The molecule has 0 radical (unpaired) electrons. The summed E-state index contributed by atoms with van der Waals surface area (Å²) in [4.78, 5) is 29.2. The molecule has 22 heavy (non-hydrogen) atoms. The molecule has 1 N–H and O–H groups in total. The maximum absolute atomic E-state index is 12.5. The Hall–Kier alpha value is -1.92. The van der Waals surface area contributed by atoms with Crippen LogP contribution in [0.5, 0.6) is 0 Å². The lowest BCUT2D eigenvalue weighted by Gasteiger charge is -2.25. The number of aromatic nitrogens is 1. The van der Waals surface area contributed by atoms with Gasteiger partial charge in [-0.3, -0.25) is 9.59 Å². The third kappa shape index (κ3) is 3.64. The Morgan fingerprint density at radius 2 is 2.05 bits per heavy atom. The number of thiazole rings is 1. The lowest BCUT2D eigenvalue weighted by atomic mass is 10.1. The van der Waals surface area contributed by atoms with Gasteiger partial charge in [0.05, 0.1) is 6.04 Å². The van der Waals surface area contributed by atoms with Crippen molar-refractivity contribution in [3.63, 3.8) is 0 Å². The van der Waals surface area contributed by atoms with Crippen LogP contribution in [0.3, 0.4) is 0 Å². The van der Waals surface area contributed by atoms with Gasteiger partial charge in [0.25, 0.3) is 5.91 Å². The summed E-state index contributed by atoms with van der Waals surface area (Å²) in [6, 6.07) is 7.23. The molecule has 1 atom stereocenters. The van der Waals surface area contributed by atoms with Crippen molar-refractivity contribution >= 4 is 39.9 Å². The highest BCUT2D eigenvalue weighted by Gasteiger charge is 2.22. The standard InChI is InChI=1S/C15H16ClN3O2S/c1-9(11-6-4-5-7-12(11)16)19(3)14(21)13-8-22-15(18-13)17-10(2)20/h4-9H,1-3H3,(H,17,18,20)/t9-/m1/s1. The van der Waals surface area contributed by atoms with E-state index in [9.17, 15) is 9.59 Å². The minimum atomic E-state index is -0.222. The number of anilines is 1. The van der Waals surface area contributed by atoms with Gasteiger partial charge in [0.1, 0.15) is 5.69 Å². The van der Waals surface area contributed by atoms with Crippen LogP contribution in [0.1, 0.15) is 35.9 Å². The Morgan fingerprint density at radius 3 is 2.68 bits per heavy atom. The Bertz CT molecular complexity index is 702. The Balaban J connectivity index is 2.16. The molecule has 2 aromatic rings. The van der Waals surface area contributed by atoms with Crippen molar-refractivity contribution in [2.24, 2.45) is 0 Å². The number of hydrogen-bond acceptors (Lipinski definition) is 4. The van der Waals surface area contributed by atoms with E-state index in [4.69, 9.17) is 11.6 Å². The molecule has 7 heteroatoms. The Morgan fingerprint density at radius 1 is 1.36 bits per heavy atom. The highest BCUT2D eigenvalue weighted by atomic mass is 35.5. The van der Waals surface area contributed by atoms with Gasteiger partial charge in [-0.1, -0.05) is 29.8 Å². The summed E-state index contributed by atoms with van der Waals surface area (Å²) in [5, 5.41) is 5.22. The molecule has 116 valence electrons. The topological polar surface area (TPSA) is 62.3 Å². The van der Waals surface area contributed by atoms with Crippen molar-refractivity contribution in [2.75, 3.05) is 12.4 Å². The van der Waals surface area contributed by atoms with E-state index in [1.807, 2.05) is 25.1 Å². The van der Waals surface area contributed by atoms with Crippen LogP contribution >= 0.6 is 22.9 Å². The summed E-state index contributed by atoms with van der Waals surface area (Å²) in [6.07, 6.45) is 0. The molecule has 2 rings (SSSR count). The monoisotopic (exact) mass is 337 g/mol. The molecule has 1 aromatic carbocycles. The fraction of sp³-hybridized carbons (Fsp3) is 0.267. The summed E-state index contributed by atoms with van der Waals surface area (Å²) < 4.78 is 0. The van der Waals surface area contributed by atoms with Crippen molar-refractivity contribution in [3.05, 3.63) is 45.9 Å². The molecule has 5 nitrogen and oxygen atoms in total. The van der Waals surface area contributed by atoms with E-state index < -0.39 is 0 Å². The molecule has 0 saturated carbocycles. The van der Waals surface area contributed by atoms with Gasteiger partial charge in [0.15, 0.2) is 5.13 Å². The first-order valence-electron chi connectivity index (χ1n) is 6.65. The second-order valence-electron chi connectivity index (χ2n) is 4.83. The second-order valence-corrected chi connectivity index (χ2v) is 6.10. The average molecular weight is 338 g/mol. The highest BCUT2D eigenvalue weighted by molar-refractivity contribution is 7.14. The second kappa shape index (κ2) is 6.89. The smallest absolute Gasteiger partial charge is 0.273 e. The van der Waals surface area contributed by atoms with Crippen molar-refractivity contribution < 1.29 is 9.59 Å². The van der Waals surface area contributed by atoms with E-state index in [0.29, 0.717) is 15.8 Å². The first-order chi connectivity index (χ1) is 10.4. The maximum Gasteiger partial charge on any atom is 0.273 e. The molecule has 2 amide bonds. The van der Waals surface area contributed by atoms with Crippen LogP contribution in [-0.2, 0) is 4.79 Å². The van der Waals surface area contributed by atoms with Gasteiger partial charge in [-0.25, -0.2) is 4.98 Å². The molecule has 0 aliphatic rings. The van der Waals surface area contributed by atoms with E-state index in [0.717, 1.165) is 5.56 Å². The number of rotatable bonds is 4. The zero-order valence-electron chi connectivity index (χ0n) is 12.5. The van der Waals surface area contributed by atoms with E-state index in [1.165, 1.54) is 18.3 Å². The van der Waals surface area contributed by atoms with Gasteiger partial charge < -0.3 is 10.2 Å². The normalized spacial score (nSPS) is 11.8. The van der Waals surface area contributed by atoms with Crippen molar-refractivity contribution in [3.8, 4) is 0 Å². The number of carbonyl (C=O) groups is 2. The van der Waals surface area contributed by atoms with E-state index in [2.05, 4.69) is 10.3 Å². The summed E-state index contributed by atoms with van der Waals surface area (Å²) in [7, 11) is 1.70. The molecule has 0 unspecified atom stereocenters. The quantitative estimate of drug-likeness (QED) is 0.927. The largest absolute Gasteiger partial charge is 0.334 e. The maximum atomic E-state index is 12.5. The number of carbonyl (C=O) groups excluding carboxylic acids is 2. The molecule has 1 heterocycles. The first-order valence-corrected chi connectivity index (χ1v) is 7.90. The lowest BCUT2D eigenvalue weighted by molar-refractivity contribution is -0.114. The zero-order valence-corrected chi connectivity index (χ0v) is 14.0. The summed E-state index contributed by atoms with van der Waals surface area (Å²) in [5.41, 5.74) is 1.17.